The minimum absolute atomic E-state index is 0.153. The maximum Gasteiger partial charge on any atom is 0.338 e. The highest BCUT2D eigenvalue weighted by atomic mass is 32.2. The van der Waals surface area contributed by atoms with E-state index >= 15 is 0 Å². The van der Waals surface area contributed by atoms with Gasteiger partial charge < -0.3 is 10.1 Å². The molecule has 2 N–H and O–H groups in total. The SMILES string of the molecule is CCOC(=O)c1ccc(S(=O)(=O)NC2(C)CCNCC2)cc1. The fourth-order valence-corrected chi connectivity index (χ4v) is 3.91. The lowest BCUT2D eigenvalue weighted by molar-refractivity contribution is 0.0526. The number of hydrogen-bond donors (Lipinski definition) is 2. The summed E-state index contributed by atoms with van der Waals surface area (Å²) in [4.78, 5) is 11.7. The molecule has 0 spiro atoms. The molecule has 0 radical (unpaired) electrons. The van der Waals surface area contributed by atoms with E-state index in [4.69, 9.17) is 4.74 Å². The molecule has 7 heteroatoms. The van der Waals surface area contributed by atoms with Crippen LogP contribution in [0.3, 0.4) is 0 Å². The molecule has 1 aliphatic heterocycles. The number of hydrogen-bond acceptors (Lipinski definition) is 5. The summed E-state index contributed by atoms with van der Waals surface area (Å²) < 4.78 is 32.6. The zero-order valence-electron chi connectivity index (χ0n) is 12.9. The molecule has 0 aromatic heterocycles. The Labute approximate surface area is 131 Å². The molecule has 6 nitrogen and oxygen atoms in total. The first kappa shape index (κ1) is 16.9. The molecule has 1 aromatic carbocycles. The first-order valence-electron chi connectivity index (χ1n) is 7.38. The van der Waals surface area contributed by atoms with Crippen LogP contribution in [0.1, 0.15) is 37.0 Å². The molecule has 2 rings (SSSR count). The van der Waals surface area contributed by atoms with E-state index in [2.05, 4.69) is 10.0 Å². The van der Waals surface area contributed by atoms with Crippen molar-refractivity contribution < 1.29 is 17.9 Å². The highest BCUT2D eigenvalue weighted by molar-refractivity contribution is 7.89. The van der Waals surface area contributed by atoms with E-state index in [0.29, 0.717) is 5.56 Å². The third-order valence-electron chi connectivity index (χ3n) is 3.76. The second-order valence-electron chi connectivity index (χ2n) is 5.66. The molecular formula is C15H22N2O4S. The molecule has 0 saturated carbocycles. The Hall–Kier alpha value is -1.44. The standard InChI is InChI=1S/C15H22N2O4S/c1-3-21-14(18)12-4-6-13(7-5-12)22(19,20)17-15(2)8-10-16-11-9-15/h4-7,16-17H,3,8-11H2,1-2H3. The number of rotatable bonds is 5. The maximum absolute atomic E-state index is 12.5. The minimum Gasteiger partial charge on any atom is -0.462 e. The lowest BCUT2D eigenvalue weighted by atomic mass is 9.92. The molecule has 22 heavy (non-hydrogen) atoms. The van der Waals surface area contributed by atoms with Crippen molar-refractivity contribution in [3.05, 3.63) is 29.8 Å². The van der Waals surface area contributed by atoms with Crippen molar-refractivity contribution in [3.8, 4) is 0 Å². The number of benzene rings is 1. The number of nitrogens with one attached hydrogen (secondary N) is 2. The van der Waals surface area contributed by atoms with Gasteiger partial charge in [0.25, 0.3) is 0 Å². The summed E-state index contributed by atoms with van der Waals surface area (Å²) in [5.74, 6) is -0.454. The van der Waals surface area contributed by atoms with Gasteiger partial charge in [-0.25, -0.2) is 17.9 Å². The van der Waals surface area contributed by atoms with Crippen LogP contribution in [0, 0.1) is 0 Å². The van der Waals surface area contributed by atoms with Crippen molar-refractivity contribution in [3.63, 3.8) is 0 Å². The molecule has 0 bridgehead atoms. The van der Waals surface area contributed by atoms with Crippen molar-refractivity contribution in [2.45, 2.75) is 37.1 Å². The highest BCUT2D eigenvalue weighted by Gasteiger charge is 2.32. The van der Waals surface area contributed by atoms with Crippen LogP contribution in [0.25, 0.3) is 0 Å². The molecule has 1 heterocycles. The van der Waals surface area contributed by atoms with Crippen LogP contribution in [0.15, 0.2) is 29.2 Å². The van der Waals surface area contributed by atoms with Gasteiger partial charge in [0.15, 0.2) is 0 Å². The van der Waals surface area contributed by atoms with Gasteiger partial charge in [-0.3, -0.25) is 0 Å². The normalized spacial score (nSPS) is 17.9. The Bertz CT molecular complexity index is 619. The van der Waals surface area contributed by atoms with Crippen LogP contribution in [0.2, 0.25) is 0 Å². The minimum atomic E-state index is -3.60. The van der Waals surface area contributed by atoms with Crippen molar-refractivity contribution in [1.29, 1.82) is 0 Å². The Morgan fingerprint density at radius 2 is 1.86 bits per heavy atom. The summed E-state index contributed by atoms with van der Waals surface area (Å²) in [5.41, 5.74) is -0.0990. The van der Waals surface area contributed by atoms with Gasteiger partial charge in [0, 0.05) is 5.54 Å². The zero-order valence-corrected chi connectivity index (χ0v) is 13.7. The summed E-state index contributed by atoms with van der Waals surface area (Å²) in [6.45, 7) is 5.51. The van der Waals surface area contributed by atoms with E-state index in [1.807, 2.05) is 6.92 Å². The summed E-state index contributed by atoms with van der Waals surface area (Å²) in [6.07, 6.45) is 1.49. The second kappa shape index (κ2) is 6.76. The Balaban J connectivity index is 2.14. The van der Waals surface area contributed by atoms with Crippen molar-refractivity contribution >= 4 is 16.0 Å². The zero-order chi connectivity index (χ0) is 16.2. The fourth-order valence-electron chi connectivity index (χ4n) is 2.45. The van der Waals surface area contributed by atoms with Gasteiger partial charge in [-0.2, -0.15) is 0 Å². The van der Waals surface area contributed by atoms with Crippen LogP contribution in [-0.4, -0.2) is 39.6 Å². The van der Waals surface area contributed by atoms with Crippen LogP contribution in [-0.2, 0) is 14.8 Å². The summed E-state index contributed by atoms with van der Waals surface area (Å²) in [5, 5.41) is 3.21. The molecule has 0 aliphatic carbocycles. The van der Waals surface area contributed by atoms with E-state index in [9.17, 15) is 13.2 Å². The van der Waals surface area contributed by atoms with Gasteiger partial charge in [-0.05, 0) is 64.0 Å². The van der Waals surface area contributed by atoms with E-state index in [0.717, 1.165) is 25.9 Å². The second-order valence-corrected chi connectivity index (χ2v) is 7.34. The van der Waals surface area contributed by atoms with Gasteiger partial charge in [-0.1, -0.05) is 0 Å². The summed E-state index contributed by atoms with van der Waals surface area (Å²) >= 11 is 0. The topological polar surface area (TPSA) is 84.5 Å². The maximum atomic E-state index is 12.5. The largest absolute Gasteiger partial charge is 0.462 e. The average molecular weight is 326 g/mol. The molecule has 0 atom stereocenters. The van der Waals surface area contributed by atoms with Crippen molar-refractivity contribution in [1.82, 2.24) is 10.0 Å². The number of piperidine rings is 1. The molecule has 1 fully saturated rings. The smallest absolute Gasteiger partial charge is 0.338 e. The van der Waals surface area contributed by atoms with Crippen LogP contribution >= 0.6 is 0 Å². The van der Waals surface area contributed by atoms with E-state index < -0.39 is 21.5 Å². The summed E-state index contributed by atoms with van der Waals surface area (Å²) in [7, 11) is -3.60. The highest BCUT2D eigenvalue weighted by Crippen LogP contribution is 2.21. The first-order valence-corrected chi connectivity index (χ1v) is 8.86. The fraction of sp³-hybridized carbons (Fsp3) is 0.533. The molecular weight excluding hydrogens is 304 g/mol. The van der Waals surface area contributed by atoms with E-state index in [-0.39, 0.29) is 11.5 Å². The van der Waals surface area contributed by atoms with Crippen molar-refractivity contribution in [2.24, 2.45) is 0 Å². The van der Waals surface area contributed by atoms with Crippen LogP contribution in [0.4, 0.5) is 0 Å². The van der Waals surface area contributed by atoms with E-state index in [1.54, 1.807) is 6.92 Å². The van der Waals surface area contributed by atoms with Crippen LogP contribution in [0.5, 0.6) is 0 Å². The molecule has 0 unspecified atom stereocenters. The first-order chi connectivity index (χ1) is 10.4. The predicted molar refractivity (Wildman–Crippen MR) is 83.2 cm³/mol. The quantitative estimate of drug-likeness (QED) is 0.796. The monoisotopic (exact) mass is 326 g/mol. The third-order valence-corrected chi connectivity index (χ3v) is 5.42. The van der Waals surface area contributed by atoms with Gasteiger partial charge in [0.1, 0.15) is 0 Å². The number of carbonyl (C=O) groups is 1. The lowest BCUT2D eigenvalue weighted by Crippen LogP contribution is -2.52. The third kappa shape index (κ3) is 4.06. The van der Waals surface area contributed by atoms with Gasteiger partial charge in [-0.15, -0.1) is 0 Å². The number of sulfonamides is 1. The number of ether oxygens (including phenoxy) is 1. The Morgan fingerprint density at radius 3 is 2.41 bits per heavy atom. The van der Waals surface area contributed by atoms with E-state index in [1.165, 1.54) is 24.3 Å². The van der Waals surface area contributed by atoms with Crippen molar-refractivity contribution in [2.75, 3.05) is 19.7 Å². The molecule has 1 aromatic rings. The molecule has 1 aliphatic rings. The predicted octanol–water partition coefficient (Wildman–Crippen LogP) is 1.28. The average Bonchev–Trinajstić information content (AvgIpc) is 2.47. The lowest BCUT2D eigenvalue weighted by Gasteiger charge is -2.34. The molecule has 122 valence electrons. The number of esters is 1. The number of carbonyl (C=O) groups excluding carboxylic acids is 1. The van der Waals surface area contributed by atoms with Gasteiger partial charge in [0.05, 0.1) is 17.1 Å². The van der Waals surface area contributed by atoms with Gasteiger partial charge >= 0.3 is 5.97 Å². The molecule has 1 saturated heterocycles. The summed E-state index contributed by atoms with van der Waals surface area (Å²) in [6, 6.07) is 5.80. The van der Waals surface area contributed by atoms with Crippen LogP contribution < -0.4 is 10.0 Å². The molecule has 0 amide bonds. The Morgan fingerprint density at radius 1 is 1.27 bits per heavy atom. The Kier molecular flexibility index (Phi) is 5.20. The van der Waals surface area contributed by atoms with Gasteiger partial charge in [0.2, 0.25) is 10.0 Å².